The van der Waals surface area contributed by atoms with Gasteiger partial charge in [0.1, 0.15) is 0 Å². The van der Waals surface area contributed by atoms with Gasteiger partial charge in [0.15, 0.2) is 0 Å². The number of aliphatic hydroxyl groups excluding tert-OH is 1. The van der Waals surface area contributed by atoms with E-state index in [1.807, 2.05) is 25.9 Å². The van der Waals surface area contributed by atoms with E-state index in [-0.39, 0.29) is 24.4 Å². The molecule has 2 amide bonds. The number of nitrogens with one attached hydrogen (secondary N) is 1. The number of aliphatic hydroxyl groups is 1. The number of β-amino-alcohol motifs (C(OH)–C–C–N with tert-alkyl or cyclic N) is 1. The largest absolute Gasteiger partial charge is 0.481 e. The second-order valence-corrected chi connectivity index (χ2v) is 6.02. The Hall–Kier alpha value is -1.34. The highest BCUT2D eigenvalue weighted by atomic mass is 16.4. The summed E-state index contributed by atoms with van der Waals surface area (Å²) in [6.07, 6.45) is 0.858. The van der Waals surface area contributed by atoms with Gasteiger partial charge >= 0.3 is 12.0 Å². The molecule has 1 saturated heterocycles. The Morgan fingerprint density at radius 2 is 2.10 bits per heavy atom. The van der Waals surface area contributed by atoms with Gasteiger partial charge in [0.25, 0.3) is 0 Å². The Morgan fingerprint density at radius 1 is 1.43 bits per heavy atom. The number of urea groups is 1. The van der Waals surface area contributed by atoms with Gasteiger partial charge in [-0.15, -0.1) is 0 Å². The molecule has 0 radical (unpaired) electrons. The van der Waals surface area contributed by atoms with Crippen molar-refractivity contribution >= 4 is 12.0 Å². The minimum Gasteiger partial charge on any atom is -0.481 e. The molecular formula is C14H27N3O4. The minimum absolute atomic E-state index is 0.00505. The molecule has 3 atom stereocenters. The van der Waals surface area contributed by atoms with Gasteiger partial charge in [-0.05, 0) is 26.4 Å². The third kappa shape index (κ3) is 5.89. The quantitative estimate of drug-likeness (QED) is 0.624. The van der Waals surface area contributed by atoms with Gasteiger partial charge in [-0.1, -0.05) is 13.3 Å². The van der Waals surface area contributed by atoms with Gasteiger partial charge in [0.2, 0.25) is 0 Å². The molecule has 0 aromatic heterocycles. The summed E-state index contributed by atoms with van der Waals surface area (Å²) >= 11 is 0. The number of hydrogen-bond acceptors (Lipinski definition) is 4. The molecule has 1 rings (SSSR count). The van der Waals surface area contributed by atoms with E-state index in [0.29, 0.717) is 32.5 Å². The van der Waals surface area contributed by atoms with E-state index in [9.17, 15) is 14.7 Å². The second-order valence-electron chi connectivity index (χ2n) is 6.02. The number of rotatable bonds is 7. The summed E-state index contributed by atoms with van der Waals surface area (Å²) in [5, 5.41) is 21.4. The molecule has 0 bridgehead atoms. The number of carboxylic acid groups (broad SMARTS) is 1. The molecule has 3 unspecified atom stereocenters. The van der Waals surface area contributed by atoms with Crippen LogP contribution in [-0.2, 0) is 4.79 Å². The van der Waals surface area contributed by atoms with Crippen molar-refractivity contribution < 1.29 is 19.8 Å². The summed E-state index contributed by atoms with van der Waals surface area (Å²) in [7, 11) is 3.86. The van der Waals surface area contributed by atoms with Gasteiger partial charge < -0.3 is 25.3 Å². The Morgan fingerprint density at radius 3 is 2.62 bits per heavy atom. The molecule has 7 nitrogen and oxygen atoms in total. The maximum Gasteiger partial charge on any atom is 0.317 e. The van der Waals surface area contributed by atoms with E-state index in [0.717, 1.165) is 0 Å². The Balaban J connectivity index is 2.50. The van der Waals surface area contributed by atoms with Crippen LogP contribution in [0.25, 0.3) is 0 Å². The van der Waals surface area contributed by atoms with Gasteiger partial charge in [-0.25, -0.2) is 4.79 Å². The van der Waals surface area contributed by atoms with Gasteiger partial charge in [0.05, 0.1) is 6.10 Å². The predicted octanol–water partition coefficient (Wildman–Crippen LogP) is 0.194. The zero-order chi connectivity index (χ0) is 16.0. The maximum absolute atomic E-state index is 12.2. The number of likely N-dealkylation sites (N-methyl/N-ethyl adjacent to an activating group) is 1. The van der Waals surface area contributed by atoms with E-state index >= 15 is 0 Å². The minimum atomic E-state index is -0.849. The number of carbonyl (C=O) groups is 2. The first-order valence-electron chi connectivity index (χ1n) is 7.42. The van der Waals surface area contributed by atoms with Crippen molar-refractivity contribution in [1.82, 2.24) is 15.1 Å². The standard InChI is InChI=1S/C14H27N3O4/c1-4-10(5-13(19)20)7-15-14(21)17-9-12(18)6-11(17)8-16(2)3/h10-12,18H,4-9H2,1-3H3,(H,15,21)(H,19,20). The van der Waals surface area contributed by atoms with E-state index in [1.54, 1.807) is 4.90 Å². The van der Waals surface area contributed by atoms with Crippen LogP contribution in [0.5, 0.6) is 0 Å². The van der Waals surface area contributed by atoms with Crippen molar-refractivity contribution in [3.05, 3.63) is 0 Å². The Bertz CT molecular complexity index is 362. The van der Waals surface area contributed by atoms with E-state index < -0.39 is 12.1 Å². The van der Waals surface area contributed by atoms with Crippen molar-refractivity contribution in [2.75, 3.05) is 33.7 Å². The molecular weight excluding hydrogens is 274 g/mol. The van der Waals surface area contributed by atoms with Crippen molar-refractivity contribution in [3.63, 3.8) is 0 Å². The van der Waals surface area contributed by atoms with Crippen molar-refractivity contribution in [3.8, 4) is 0 Å². The molecule has 21 heavy (non-hydrogen) atoms. The zero-order valence-electron chi connectivity index (χ0n) is 13.1. The van der Waals surface area contributed by atoms with Crippen molar-refractivity contribution in [2.45, 2.75) is 38.3 Å². The van der Waals surface area contributed by atoms with Crippen LogP contribution in [0.4, 0.5) is 4.79 Å². The summed E-state index contributed by atoms with van der Waals surface area (Å²) < 4.78 is 0. The number of hydrogen-bond donors (Lipinski definition) is 3. The normalized spacial score (nSPS) is 23.4. The molecule has 1 heterocycles. The molecule has 1 aliphatic heterocycles. The number of likely N-dealkylation sites (tertiary alicyclic amines) is 1. The van der Waals surface area contributed by atoms with E-state index in [4.69, 9.17) is 5.11 Å². The lowest BCUT2D eigenvalue weighted by Gasteiger charge is -2.27. The fourth-order valence-corrected chi connectivity index (χ4v) is 2.68. The number of aliphatic carboxylic acids is 1. The second kappa shape index (κ2) is 8.19. The Labute approximate surface area is 125 Å². The van der Waals surface area contributed by atoms with Gasteiger partial charge in [-0.2, -0.15) is 0 Å². The molecule has 7 heteroatoms. The van der Waals surface area contributed by atoms with Crippen LogP contribution in [0.15, 0.2) is 0 Å². The highest BCUT2D eigenvalue weighted by Crippen LogP contribution is 2.18. The number of carboxylic acids is 1. The lowest BCUT2D eigenvalue weighted by atomic mass is 10.0. The third-order valence-electron chi connectivity index (χ3n) is 3.81. The lowest BCUT2D eigenvalue weighted by Crippen LogP contribution is -2.47. The smallest absolute Gasteiger partial charge is 0.317 e. The van der Waals surface area contributed by atoms with Crippen molar-refractivity contribution in [1.29, 1.82) is 0 Å². The molecule has 0 aromatic carbocycles. The zero-order valence-corrected chi connectivity index (χ0v) is 13.1. The average molecular weight is 301 g/mol. The monoisotopic (exact) mass is 301 g/mol. The molecule has 122 valence electrons. The molecule has 0 spiro atoms. The van der Waals surface area contributed by atoms with E-state index in [2.05, 4.69) is 5.32 Å². The fraction of sp³-hybridized carbons (Fsp3) is 0.857. The molecule has 0 aliphatic carbocycles. The average Bonchev–Trinajstić information content (AvgIpc) is 2.73. The molecule has 0 aromatic rings. The molecule has 3 N–H and O–H groups in total. The molecule has 0 saturated carbocycles. The van der Waals surface area contributed by atoms with E-state index in [1.165, 1.54) is 0 Å². The molecule has 1 fully saturated rings. The first kappa shape index (κ1) is 17.7. The first-order valence-corrected chi connectivity index (χ1v) is 7.42. The summed E-state index contributed by atoms with van der Waals surface area (Å²) in [4.78, 5) is 26.6. The summed E-state index contributed by atoms with van der Waals surface area (Å²) in [5.41, 5.74) is 0. The van der Waals surface area contributed by atoms with Crippen molar-refractivity contribution in [2.24, 2.45) is 5.92 Å². The van der Waals surface area contributed by atoms with Gasteiger partial charge in [0, 0.05) is 32.1 Å². The predicted molar refractivity (Wildman–Crippen MR) is 79.1 cm³/mol. The molecule has 1 aliphatic rings. The number of amides is 2. The Kier molecular flexibility index (Phi) is 6.91. The number of carbonyl (C=O) groups excluding carboxylic acids is 1. The number of nitrogens with zero attached hydrogens (tertiary/aromatic N) is 2. The van der Waals surface area contributed by atoms with Crippen LogP contribution in [-0.4, -0.2) is 77.9 Å². The van der Waals surface area contributed by atoms with Crippen LogP contribution in [0.3, 0.4) is 0 Å². The van der Waals surface area contributed by atoms with Crippen LogP contribution in [0.1, 0.15) is 26.2 Å². The highest BCUT2D eigenvalue weighted by Gasteiger charge is 2.34. The summed E-state index contributed by atoms with van der Waals surface area (Å²) in [5.74, 6) is -0.913. The summed E-state index contributed by atoms with van der Waals surface area (Å²) in [6.45, 7) is 3.30. The highest BCUT2D eigenvalue weighted by molar-refractivity contribution is 5.75. The van der Waals surface area contributed by atoms with Crippen LogP contribution in [0.2, 0.25) is 0 Å². The lowest BCUT2D eigenvalue weighted by molar-refractivity contribution is -0.138. The first-order chi connectivity index (χ1) is 9.83. The van der Waals surface area contributed by atoms with Crippen LogP contribution < -0.4 is 5.32 Å². The van der Waals surface area contributed by atoms with Crippen LogP contribution in [0, 0.1) is 5.92 Å². The van der Waals surface area contributed by atoms with Crippen LogP contribution >= 0.6 is 0 Å². The fourth-order valence-electron chi connectivity index (χ4n) is 2.68. The van der Waals surface area contributed by atoms with Gasteiger partial charge in [-0.3, -0.25) is 4.79 Å². The SMILES string of the molecule is CCC(CNC(=O)N1CC(O)CC1CN(C)C)CC(=O)O. The maximum atomic E-state index is 12.2. The summed E-state index contributed by atoms with van der Waals surface area (Å²) in [6, 6.07) is -0.225. The third-order valence-corrected chi connectivity index (χ3v) is 3.81. The topological polar surface area (TPSA) is 93.1 Å².